The lowest BCUT2D eigenvalue weighted by atomic mass is 10.4. The highest BCUT2D eigenvalue weighted by atomic mass is 128. The highest BCUT2D eigenvalue weighted by Gasteiger charge is 2.37. The van der Waals surface area contributed by atoms with Crippen molar-refractivity contribution in [3.8, 4) is 0 Å². The fourth-order valence-corrected chi connectivity index (χ4v) is 2.27. The maximum absolute atomic E-state index is 11.2. The minimum Gasteiger partial charge on any atom is -0.331 e. The third-order valence-corrected chi connectivity index (χ3v) is 3.57. The number of rotatable bonds is 3. The number of amides is 6. The molecular formula is C15H16I3N3O11. The molecule has 0 spiro atoms. The monoisotopic (exact) mass is 795 g/mol. The molecule has 32 heavy (non-hydrogen) atoms. The van der Waals surface area contributed by atoms with E-state index in [1.165, 1.54) is 0 Å². The number of hydroxylamine groups is 6. The van der Waals surface area contributed by atoms with Crippen molar-refractivity contribution in [2.45, 2.75) is 45.4 Å². The molecule has 3 fully saturated rings. The number of carbonyl (C=O) groups is 8. The summed E-state index contributed by atoms with van der Waals surface area (Å²) in [6.45, 7) is 1.14. The fraction of sp³-hybridized carbons (Fsp3) is 0.467. The minimum atomic E-state index is -1.48. The summed E-state index contributed by atoms with van der Waals surface area (Å²) in [5.41, 5.74) is 0. The van der Waals surface area contributed by atoms with Gasteiger partial charge in [-0.15, -0.1) is 29.0 Å². The van der Waals surface area contributed by atoms with Crippen molar-refractivity contribution < 1.29 is 52.9 Å². The van der Waals surface area contributed by atoms with E-state index in [1.54, 1.807) is 0 Å². The van der Waals surface area contributed by atoms with Gasteiger partial charge < -0.3 is 4.84 Å². The molecule has 3 aliphatic rings. The molecule has 0 aromatic carbocycles. The standard InChI is InChI=1S/C9H8N2O7.C6H7NO4.I2.HI/c12-5-1-2-6(13)10(5)17-9(16)18-11-7(14)3-4-8(11)15;1-4(8)11-7-5(9)2-3-6(7)10;1-2;/h1-4H2;2-3H2,1H3;;1H. The third kappa shape index (κ3) is 8.71. The van der Waals surface area contributed by atoms with Crippen LogP contribution in [0.25, 0.3) is 0 Å². The summed E-state index contributed by atoms with van der Waals surface area (Å²) in [6, 6.07) is 0. The van der Waals surface area contributed by atoms with Gasteiger partial charge in [0.15, 0.2) is 0 Å². The van der Waals surface area contributed by atoms with Gasteiger partial charge >= 0.3 is 12.1 Å². The van der Waals surface area contributed by atoms with Crippen molar-refractivity contribution in [1.29, 1.82) is 0 Å². The Kier molecular flexibility index (Phi) is 13.7. The second kappa shape index (κ2) is 14.5. The van der Waals surface area contributed by atoms with Gasteiger partial charge in [0.25, 0.3) is 35.4 Å². The molecule has 17 heteroatoms. The van der Waals surface area contributed by atoms with Crippen LogP contribution in [0.2, 0.25) is 0 Å². The highest BCUT2D eigenvalue weighted by Crippen LogP contribution is 2.16. The minimum absolute atomic E-state index is 0. The first-order chi connectivity index (χ1) is 14.6. The van der Waals surface area contributed by atoms with Crippen LogP contribution in [0.5, 0.6) is 0 Å². The maximum Gasteiger partial charge on any atom is 0.560 e. The largest absolute Gasteiger partial charge is 0.560 e. The van der Waals surface area contributed by atoms with Gasteiger partial charge in [0.1, 0.15) is 0 Å². The second-order valence-corrected chi connectivity index (χ2v) is 5.76. The van der Waals surface area contributed by atoms with Crippen LogP contribution in [0.3, 0.4) is 0 Å². The molecule has 0 bridgehead atoms. The smallest absolute Gasteiger partial charge is 0.331 e. The van der Waals surface area contributed by atoms with Gasteiger partial charge in [-0.3, -0.25) is 38.4 Å². The molecular weight excluding hydrogens is 779 g/mol. The molecule has 0 N–H and O–H groups in total. The van der Waals surface area contributed by atoms with E-state index in [9.17, 15) is 38.4 Å². The van der Waals surface area contributed by atoms with Crippen molar-refractivity contribution in [3.05, 3.63) is 0 Å². The van der Waals surface area contributed by atoms with Crippen LogP contribution < -0.4 is 0 Å². The SMILES string of the molecule is CC(=O)ON1C(=O)CCC1=O.I.II.O=C(ON1C(=O)CCC1=O)ON1C(=O)CCC1=O. The molecule has 3 heterocycles. The predicted molar refractivity (Wildman–Crippen MR) is 126 cm³/mol. The maximum atomic E-state index is 11.2. The molecule has 6 amide bonds. The number of hydrogen-bond acceptors (Lipinski definition) is 11. The van der Waals surface area contributed by atoms with E-state index < -0.39 is 47.6 Å². The first-order valence-electron chi connectivity index (χ1n) is 8.40. The summed E-state index contributed by atoms with van der Waals surface area (Å²) in [5, 5.41) is 1.03. The van der Waals surface area contributed by atoms with Gasteiger partial charge in [0.05, 0.1) is 0 Å². The predicted octanol–water partition coefficient (Wildman–Crippen LogP) is 1.27. The van der Waals surface area contributed by atoms with Crippen molar-refractivity contribution in [2.24, 2.45) is 0 Å². The van der Waals surface area contributed by atoms with Crippen LogP contribution in [0.15, 0.2) is 0 Å². The zero-order valence-electron chi connectivity index (χ0n) is 16.2. The first kappa shape index (κ1) is 30.4. The normalized spacial score (nSPS) is 17.3. The molecule has 0 aromatic rings. The van der Waals surface area contributed by atoms with Crippen LogP contribution in [-0.4, -0.2) is 62.8 Å². The van der Waals surface area contributed by atoms with Crippen LogP contribution in [0.4, 0.5) is 4.79 Å². The molecule has 0 aliphatic carbocycles. The summed E-state index contributed by atoms with van der Waals surface area (Å²) in [4.78, 5) is 100. The van der Waals surface area contributed by atoms with Crippen molar-refractivity contribution in [3.63, 3.8) is 0 Å². The summed E-state index contributed by atoms with van der Waals surface area (Å²) in [6.07, 6.45) is -1.47. The number of carbonyl (C=O) groups excluding carboxylic acids is 8. The molecule has 3 rings (SSSR count). The summed E-state index contributed by atoms with van der Waals surface area (Å²) >= 11 is 4.24. The van der Waals surface area contributed by atoms with E-state index in [0.29, 0.717) is 5.06 Å². The summed E-state index contributed by atoms with van der Waals surface area (Å²) in [5.74, 6) is -4.30. The Hall–Kier alpha value is -1.65. The molecule has 0 saturated carbocycles. The molecule has 3 saturated heterocycles. The lowest BCUT2D eigenvalue weighted by Gasteiger charge is -2.15. The van der Waals surface area contributed by atoms with Crippen LogP contribution in [0, 0.1) is 0 Å². The van der Waals surface area contributed by atoms with Gasteiger partial charge in [0, 0.05) is 82.7 Å². The quantitative estimate of drug-likeness (QED) is 0.298. The van der Waals surface area contributed by atoms with E-state index in [0.717, 1.165) is 6.92 Å². The Morgan fingerprint density at radius 1 is 0.594 bits per heavy atom. The summed E-state index contributed by atoms with van der Waals surface area (Å²) < 4.78 is 0. The van der Waals surface area contributed by atoms with Gasteiger partial charge in [-0.25, -0.2) is 4.79 Å². The Bertz CT molecular complexity index is 732. The first-order valence-corrected chi connectivity index (χ1v) is 14.7. The Labute approximate surface area is 220 Å². The van der Waals surface area contributed by atoms with Gasteiger partial charge in [-0.1, -0.05) is 10.1 Å². The molecule has 0 aromatic heterocycles. The second-order valence-electron chi connectivity index (χ2n) is 5.76. The Balaban J connectivity index is 0.000000593. The lowest BCUT2D eigenvalue weighted by molar-refractivity contribution is -0.198. The average molecular weight is 795 g/mol. The van der Waals surface area contributed by atoms with Crippen molar-refractivity contribution in [1.82, 2.24) is 15.2 Å². The van der Waals surface area contributed by atoms with E-state index in [4.69, 9.17) is 0 Å². The lowest BCUT2D eigenvalue weighted by Crippen LogP contribution is -2.37. The number of hydrogen-bond donors (Lipinski definition) is 0. The van der Waals surface area contributed by atoms with Crippen molar-refractivity contribution >= 4 is 109 Å². The van der Waals surface area contributed by atoms with E-state index in [2.05, 4.69) is 51.7 Å². The molecule has 3 aliphatic heterocycles. The average Bonchev–Trinajstić information content (AvgIpc) is 3.33. The topological polar surface area (TPSA) is 174 Å². The molecule has 0 unspecified atom stereocenters. The Morgan fingerprint density at radius 2 is 0.812 bits per heavy atom. The number of nitrogens with zero attached hydrogens (tertiary/aromatic N) is 3. The van der Waals surface area contributed by atoms with Crippen LogP contribution >= 0.6 is 61.2 Å². The van der Waals surface area contributed by atoms with Gasteiger partial charge in [-0.05, 0) is 0 Å². The van der Waals surface area contributed by atoms with E-state index in [1.807, 2.05) is 0 Å². The van der Waals surface area contributed by atoms with Gasteiger partial charge in [-0.2, -0.15) is 4.79 Å². The Morgan fingerprint density at radius 3 is 1.03 bits per heavy atom. The fourth-order valence-electron chi connectivity index (χ4n) is 2.27. The number of halogens is 3. The highest BCUT2D eigenvalue weighted by molar-refractivity contribution is 15.0. The number of imide groups is 3. The summed E-state index contributed by atoms with van der Waals surface area (Å²) in [7, 11) is 0. The van der Waals surface area contributed by atoms with Gasteiger partial charge in [0.2, 0.25) is 0 Å². The molecule has 0 radical (unpaired) electrons. The zero-order chi connectivity index (χ0) is 23.7. The van der Waals surface area contributed by atoms with Crippen LogP contribution in [0.1, 0.15) is 45.4 Å². The van der Waals surface area contributed by atoms with E-state index >= 15 is 0 Å². The molecule has 0 atom stereocenters. The molecule has 178 valence electrons. The third-order valence-electron chi connectivity index (χ3n) is 3.57. The molecule has 14 nitrogen and oxygen atoms in total. The van der Waals surface area contributed by atoms with E-state index in [-0.39, 0.29) is 72.6 Å². The zero-order valence-corrected chi connectivity index (χ0v) is 22.9. The van der Waals surface area contributed by atoms with Crippen LogP contribution in [-0.2, 0) is 48.1 Å². The van der Waals surface area contributed by atoms with Crippen molar-refractivity contribution in [2.75, 3.05) is 0 Å².